The van der Waals surface area contributed by atoms with E-state index in [9.17, 15) is 0 Å². The standard InChI is InChI=1S/C12H19N3/c1-10(2)9-12(15-13)7-6-11-5-3-4-8-14-11/h3-5,8,12,15H,1,6-7,9,13H2,2H3. The van der Waals surface area contributed by atoms with E-state index in [1.165, 1.54) is 0 Å². The van der Waals surface area contributed by atoms with Crippen molar-refractivity contribution in [1.29, 1.82) is 0 Å². The molecule has 0 aromatic carbocycles. The third kappa shape index (κ3) is 4.72. The minimum Gasteiger partial charge on any atom is -0.271 e. The van der Waals surface area contributed by atoms with Crippen LogP contribution in [0.1, 0.15) is 25.5 Å². The van der Waals surface area contributed by atoms with Crippen LogP contribution in [0.4, 0.5) is 0 Å². The van der Waals surface area contributed by atoms with Crippen molar-refractivity contribution in [3.8, 4) is 0 Å². The van der Waals surface area contributed by atoms with Crippen molar-refractivity contribution in [3.05, 3.63) is 42.2 Å². The summed E-state index contributed by atoms with van der Waals surface area (Å²) in [6, 6.07) is 6.26. The van der Waals surface area contributed by atoms with Crippen molar-refractivity contribution in [1.82, 2.24) is 10.4 Å². The Morgan fingerprint density at radius 3 is 2.93 bits per heavy atom. The molecule has 3 nitrogen and oxygen atoms in total. The van der Waals surface area contributed by atoms with Gasteiger partial charge in [-0.2, -0.15) is 0 Å². The summed E-state index contributed by atoms with van der Waals surface area (Å²) in [5.41, 5.74) is 5.08. The average Bonchev–Trinajstić information content (AvgIpc) is 2.25. The van der Waals surface area contributed by atoms with Crippen LogP contribution in [0.15, 0.2) is 36.5 Å². The van der Waals surface area contributed by atoms with Crippen LogP contribution in [0.25, 0.3) is 0 Å². The maximum absolute atomic E-state index is 5.47. The van der Waals surface area contributed by atoms with Gasteiger partial charge in [0.25, 0.3) is 0 Å². The van der Waals surface area contributed by atoms with E-state index in [1.807, 2.05) is 31.3 Å². The third-order valence-electron chi connectivity index (χ3n) is 2.31. The first-order valence-corrected chi connectivity index (χ1v) is 5.22. The van der Waals surface area contributed by atoms with Gasteiger partial charge >= 0.3 is 0 Å². The first kappa shape index (κ1) is 11.9. The van der Waals surface area contributed by atoms with E-state index in [0.29, 0.717) is 6.04 Å². The molecule has 0 aliphatic rings. The second-order valence-electron chi connectivity index (χ2n) is 3.88. The Kier molecular flexibility index (Phi) is 5.01. The molecule has 1 aromatic rings. The first-order chi connectivity index (χ1) is 7.22. The average molecular weight is 205 g/mol. The molecule has 1 heterocycles. The molecule has 0 amide bonds. The highest BCUT2D eigenvalue weighted by Gasteiger charge is 2.06. The van der Waals surface area contributed by atoms with Gasteiger partial charge in [0.1, 0.15) is 0 Å². The molecular weight excluding hydrogens is 186 g/mol. The van der Waals surface area contributed by atoms with Gasteiger partial charge in [-0.15, -0.1) is 6.58 Å². The largest absolute Gasteiger partial charge is 0.271 e. The highest BCUT2D eigenvalue weighted by atomic mass is 15.2. The van der Waals surface area contributed by atoms with Crippen LogP contribution in [-0.4, -0.2) is 11.0 Å². The monoisotopic (exact) mass is 205 g/mol. The number of hydrazine groups is 1. The summed E-state index contributed by atoms with van der Waals surface area (Å²) in [4.78, 5) is 4.27. The number of pyridine rings is 1. The summed E-state index contributed by atoms with van der Waals surface area (Å²) >= 11 is 0. The lowest BCUT2D eigenvalue weighted by atomic mass is 10.0. The van der Waals surface area contributed by atoms with E-state index in [-0.39, 0.29) is 0 Å². The fourth-order valence-corrected chi connectivity index (χ4v) is 1.53. The molecule has 0 saturated carbocycles. The highest BCUT2D eigenvalue weighted by molar-refractivity contribution is 5.04. The number of rotatable bonds is 6. The van der Waals surface area contributed by atoms with Crippen LogP contribution in [0.2, 0.25) is 0 Å². The minimum atomic E-state index is 0.296. The Bertz CT molecular complexity index is 295. The zero-order valence-corrected chi connectivity index (χ0v) is 9.24. The molecule has 1 aromatic heterocycles. The van der Waals surface area contributed by atoms with Gasteiger partial charge in [-0.3, -0.25) is 16.3 Å². The second-order valence-corrected chi connectivity index (χ2v) is 3.88. The molecule has 15 heavy (non-hydrogen) atoms. The highest BCUT2D eigenvalue weighted by Crippen LogP contribution is 2.08. The summed E-state index contributed by atoms with van der Waals surface area (Å²) in [6.07, 6.45) is 4.67. The van der Waals surface area contributed by atoms with Gasteiger partial charge in [0.2, 0.25) is 0 Å². The van der Waals surface area contributed by atoms with E-state index in [0.717, 1.165) is 30.5 Å². The van der Waals surface area contributed by atoms with Crippen molar-refractivity contribution < 1.29 is 0 Å². The summed E-state index contributed by atoms with van der Waals surface area (Å²) in [7, 11) is 0. The van der Waals surface area contributed by atoms with Gasteiger partial charge in [-0.05, 0) is 38.3 Å². The second kappa shape index (κ2) is 6.32. The molecule has 0 saturated heterocycles. The Morgan fingerprint density at radius 1 is 1.60 bits per heavy atom. The van der Waals surface area contributed by atoms with Crippen LogP contribution < -0.4 is 11.3 Å². The third-order valence-corrected chi connectivity index (χ3v) is 2.31. The van der Waals surface area contributed by atoms with Crippen molar-refractivity contribution in [2.45, 2.75) is 32.2 Å². The van der Waals surface area contributed by atoms with Gasteiger partial charge < -0.3 is 0 Å². The van der Waals surface area contributed by atoms with Crippen molar-refractivity contribution in [2.75, 3.05) is 0 Å². The SMILES string of the molecule is C=C(C)CC(CCc1ccccn1)NN. The fourth-order valence-electron chi connectivity index (χ4n) is 1.53. The Hall–Kier alpha value is -1.19. The number of aryl methyl sites for hydroxylation is 1. The molecule has 3 heteroatoms. The van der Waals surface area contributed by atoms with E-state index in [4.69, 9.17) is 5.84 Å². The molecule has 3 N–H and O–H groups in total. The zero-order chi connectivity index (χ0) is 11.1. The molecular formula is C12H19N3. The molecule has 1 atom stereocenters. The van der Waals surface area contributed by atoms with Crippen molar-refractivity contribution >= 4 is 0 Å². The number of nitrogens with zero attached hydrogens (tertiary/aromatic N) is 1. The Balaban J connectivity index is 2.37. The molecule has 0 fully saturated rings. The summed E-state index contributed by atoms with van der Waals surface area (Å²) in [5.74, 6) is 5.47. The molecule has 0 aliphatic carbocycles. The quantitative estimate of drug-likeness (QED) is 0.423. The molecule has 82 valence electrons. The zero-order valence-electron chi connectivity index (χ0n) is 9.24. The molecule has 0 radical (unpaired) electrons. The van der Waals surface area contributed by atoms with E-state index in [2.05, 4.69) is 17.0 Å². The number of nitrogens with two attached hydrogens (primary N) is 1. The lowest BCUT2D eigenvalue weighted by Crippen LogP contribution is -2.35. The summed E-state index contributed by atoms with van der Waals surface area (Å²) < 4.78 is 0. The van der Waals surface area contributed by atoms with Gasteiger partial charge in [-0.25, -0.2) is 0 Å². The maximum Gasteiger partial charge on any atom is 0.0404 e. The van der Waals surface area contributed by atoms with Crippen molar-refractivity contribution in [3.63, 3.8) is 0 Å². The van der Waals surface area contributed by atoms with Gasteiger partial charge in [0, 0.05) is 17.9 Å². The number of nitrogens with one attached hydrogen (secondary N) is 1. The predicted octanol–water partition coefficient (Wildman–Crippen LogP) is 1.81. The summed E-state index contributed by atoms with van der Waals surface area (Å²) in [5, 5.41) is 0. The number of aromatic nitrogens is 1. The molecule has 0 spiro atoms. The van der Waals surface area contributed by atoms with Gasteiger partial charge in [-0.1, -0.05) is 11.6 Å². The molecule has 1 unspecified atom stereocenters. The van der Waals surface area contributed by atoms with Crippen LogP contribution in [0.3, 0.4) is 0 Å². The predicted molar refractivity (Wildman–Crippen MR) is 63.1 cm³/mol. The Labute approximate surface area is 91.4 Å². The summed E-state index contributed by atoms with van der Waals surface area (Å²) in [6.45, 7) is 5.91. The van der Waals surface area contributed by atoms with Gasteiger partial charge in [0.15, 0.2) is 0 Å². The topological polar surface area (TPSA) is 50.9 Å². The maximum atomic E-state index is 5.47. The smallest absolute Gasteiger partial charge is 0.0404 e. The van der Waals surface area contributed by atoms with E-state index >= 15 is 0 Å². The van der Waals surface area contributed by atoms with E-state index in [1.54, 1.807) is 0 Å². The molecule has 1 rings (SSSR count). The normalized spacial score (nSPS) is 12.4. The number of hydrogen-bond acceptors (Lipinski definition) is 3. The number of hydrogen-bond donors (Lipinski definition) is 2. The van der Waals surface area contributed by atoms with Crippen molar-refractivity contribution in [2.24, 2.45) is 5.84 Å². The van der Waals surface area contributed by atoms with Crippen LogP contribution in [-0.2, 0) is 6.42 Å². The minimum absolute atomic E-state index is 0.296. The lowest BCUT2D eigenvalue weighted by Gasteiger charge is -2.15. The van der Waals surface area contributed by atoms with Crippen LogP contribution in [0.5, 0.6) is 0 Å². The fraction of sp³-hybridized carbons (Fsp3) is 0.417. The molecule has 0 bridgehead atoms. The van der Waals surface area contributed by atoms with Crippen LogP contribution in [0, 0.1) is 0 Å². The molecule has 0 aliphatic heterocycles. The lowest BCUT2D eigenvalue weighted by molar-refractivity contribution is 0.488. The first-order valence-electron chi connectivity index (χ1n) is 5.22. The van der Waals surface area contributed by atoms with Crippen LogP contribution >= 0.6 is 0 Å². The van der Waals surface area contributed by atoms with E-state index < -0.39 is 0 Å². The van der Waals surface area contributed by atoms with Gasteiger partial charge in [0.05, 0.1) is 0 Å². The Morgan fingerprint density at radius 2 is 2.40 bits per heavy atom.